The standard InChI is InChI=1S/C9H15N3O2/c1-6(2)7-5-8(11-10-7)9(13)12(3)14-4/h5-6H,1-4H3,(H,10,11). The Morgan fingerprint density at radius 3 is 2.71 bits per heavy atom. The molecule has 1 aromatic heterocycles. The van der Waals surface area contributed by atoms with Crippen molar-refractivity contribution in [2.45, 2.75) is 19.8 Å². The number of H-pyrrole nitrogens is 1. The van der Waals surface area contributed by atoms with Crippen LogP contribution in [0, 0.1) is 0 Å². The van der Waals surface area contributed by atoms with E-state index in [1.165, 1.54) is 7.11 Å². The fraction of sp³-hybridized carbons (Fsp3) is 0.556. The minimum Gasteiger partial charge on any atom is -0.282 e. The molecule has 5 nitrogen and oxygen atoms in total. The Kier molecular flexibility index (Phi) is 3.24. The number of hydrogen-bond donors (Lipinski definition) is 1. The number of nitrogens with one attached hydrogen (secondary N) is 1. The lowest BCUT2D eigenvalue weighted by molar-refractivity contribution is -0.0760. The van der Waals surface area contributed by atoms with Crippen LogP contribution in [0.3, 0.4) is 0 Å². The van der Waals surface area contributed by atoms with Gasteiger partial charge in [-0.3, -0.25) is 14.7 Å². The first kappa shape index (κ1) is 10.7. The lowest BCUT2D eigenvalue weighted by Gasteiger charge is -2.10. The van der Waals surface area contributed by atoms with Gasteiger partial charge >= 0.3 is 0 Å². The number of carbonyl (C=O) groups is 1. The van der Waals surface area contributed by atoms with Crippen molar-refractivity contribution in [1.29, 1.82) is 0 Å². The number of aromatic amines is 1. The molecular formula is C9H15N3O2. The Bertz CT molecular complexity index is 320. The number of nitrogens with zero attached hydrogens (tertiary/aromatic N) is 2. The van der Waals surface area contributed by atoms with Crippen LogP contribution < -0.4 is 0 Å². The lowest BCUT2D eigenvalue weighted by Crippen LogP contribution is -2.25. The van der Waals surface area contributed by atoms with Gasteiger partial charge in [0, 0.05) is 12.7 Å². The molecule has 0 radical (unpaired) electrons. The molecule has 5 heteroatoms. The van der Waals surface area contributed by atoms with Crippen molar-refractivity contribution in [3.8, 4) is 0 Å². The maximum atomic E-state index is 11.5. The summed E-state index contributed by atoms with van der Waals surface area (Å²) in [6.07, 6.45) is 0. The number of hydroxylamine groups is 2. The summed E-state index contributed by atoms with van der Waals surface area (Å²) < 4.78 is 0. The van der Waals surface area contributed by atoms with Gasteiger partial charge in [-0.1, -0.05) is 13.8 Å². The zero-order valence-electron chi connectivity index (χ0n) is 8.87. The van der Waals surface area contributed by atoms with Crippen LogP contribution in [-0.2, 0) is 4.84 Å². The smallest absolute Gasteiger partial charge is 0.282 e. The van der Waals surface area contributed by atoms with E-state index >= 15 is 0 Å². The molecule has 0 bridgehead atoms. The number of hydrogen-bond acceptors (Lipinski definition) is 3. The van der Waals surface area contributed by atoms with Gasteiger partial charge in [0.2, 0.25) is 0 Å². The van der Waals surface area contributed by atoms with E-state index in [1.807, 2.05) is 13.8 Å². The van der Waals surface area contributed by atoms with Crippen LogP contribution in [0.1, 0.15) is 35.9 Å². The molecule has 1 heterocycles. The third-order valence-corrected chi connectivity index (χ3v) is 2.00. The summed E-state index contributed by atoms with van der Waals surface area (Å²) in [5.74, 6) is 0.0764. The molecule has 14 heavy (non-hydrogen) atoms. The van der Waals surface area contributed by atoms with Gasteiger partial charge in [-0.25, -0.2) is 5.06 Å². The maximum Gasteiger partial charge on any atom is 0.297 e. The van der Waals surface area contributed by atoms with E-state index in [-0.39, 0.29) is 5.91 Å². The first-order valence-corrected chi connectivity index (χ1v) is 4.43. The Morgan fingerprint density at radius 1 is 1.64 bits per heavy atom. The first-order valence-electron chi connectivity index (χ1n) is 4.43. The second-order valence-corrected chi connectivity index (χ2v) is 3.35. The Labute approximate surface area is 83.0 Å². The van der Waals surface area contributed by atoms with E-state index in [2.05, 4.69) is 10.2 Å². The Morgan fingerprint density at radius 2 is 2.29 bits per heavy atom. The normalized spacial score (nSPS) is 10.6. The van der Waals surface area contributed by atoms with Crippen LogP contribution in [0.25, 0.3) is 0 Å². The van der Waals surface area contributed by atoms with Gasteiger partial charge in [0.05, 0.1) is 7.11 Å². The van der Waals surface area contributed by atoms with Crippen molar-refractivity contribution in [2.24, 2.45) is 0 Å². The van der Waals surface area contributed by atoms with Crippen molar-refractivity contribution in [3.05, 3.63) is 17.5 Å². The molecule has 0 aliphatic rings. The molecule has 0 spiro atoms. The minimum absolute atomic E-state index is 0.254. The molecular weight excluding hydrogens is 182 g/mol. The fourth-order valence-electron chi connectivity index (χ4n) is 0.986. The molecule has 78 valence electrons. The van der Waals surface area contributed by atoms with Crippen LogP contribution in [0.4, 0.5) is 0 Å². The van der Waals surface area contributed by atoms with Gasteiger partial charge < -0.3 is 0 Å². The van der Waals surface area contributed by atoms with Crippen molar-refractivity contribution in [3.63, 3.8) is 0 Å². The van der Waals surface area contributed by atoms with Gasteiger partial charge in [-0.2, -0.15) is 5.10 Å². The number of amides is 1. The highest BCUT2D eigenvalue weighted by atomic mass is 16.7. The summed E-state index contributed by atoms with van der Waals surface area (Å²) in [5.41, 5.74) is 1.32. The molecule has 0 aliphatic carbocycles. The van der Waals surface area contributed by atoms with Crippen LogP contribution in [-0.4, -0.2) is 35.3 Å². The van der Waals surface area contributed by atoms with E-state index in [0.717, 1.165) is 10.8 Å². The van der Waals surface area contributed by atoms with E-state index in [9.17, 15) is 4.79 Å². The SMILES string of the molecule is CON(C)C(=O)c1cc(C(C)C)[nH]n1. The summed E-state index contributed by atoms with van der Waals surface area (Å²) in [5, 5.41) is 7.86. The Balaban J connectivity index is 2.81. The summed E-state index contributed by atoms with van der Waals surface area (Å²) in [4.78, 5) is 16.3. The van der Waals surface area contributed by atoms with Crippen LogP contribution in [0.5, 0.6) is 0 Å². The van der Waals surface area contributed by atoms with E-state index < -0.39 is 0 Å². The zero-order chi connectivity index (χ0) is 10.7. The predicted molar refractivity (Wildman–Crippen MR) is 51.8 cm³/mol. The Hall–Kier alpha value is -1.36. The fourth-order valence-corrected chi connectivity index (χ4v) is 0.986. The molecule has 1 aromatic rings. The monoisotopic (exact) mass is 197 g/mol. The molecule has 0 atom stereocenters. The topological polar surface area (TPSA) is 58.2 Å². The van der Waals surface area contributed by atoms with Crippen molar-refractivity contribution >= 4 is 5.91 Å². The quantitative estimate of drug-likeness (QED) is 0.740. The molecule has 0 saturated carbocycles. The third-order valence-electron chi connectivity index (χ3n) is 2.00. The third kappa shape index (κ3) is 2.11. The lowest BCUT2D eigenvalue weighted by atomic mass is 10.1. The zero-order valence-corrected chi connectivity index (χ0v) is 8.87. The van der Waals surface area contributed by atoms with Gasteiger partial charge in [-0.15, -0.1) is 0 Å². The molecule has 1 rings (SSSR count). The maximum absolute atomic E-state index is 11.5. The summed E-state index contributed by atoms with van der Waals surface area (Å²) in [6, 6.07) is 1.74. The molecule has 1 amide bonds. The molecule has 0 saturated heterocycles. The average Bonchev–Trinajstić information content (AvgIpc) is 2.64. The molecule has 0 fully saturated rings. The molecule has 0 aliphatic heterocycles. The number of aromatic nitrogens is 2. The van der Waals surface area contributed by atoms with Crippen molar-refractivity contribution in [1.82, 2.24) is 15.3 Å². The summed E-state index contributed by atoms with van der Waals surface area (Å²) >= 11 is 0. The second kappa shape index (κ2) is 4.23. The molecule has 1 N–H and O–H groups in total. The van der Waals surface area contributed by atoms with E-state index in [4.69, 9.17) is 4.84 Å². The average molecular weight is 197 g/mol. The van der Waals surface area contributed by atoms with Gasteiger partial charge in [-0.05, 0) is 12.0 Å². The van der Waals surface area contributed by atoms with Gasteiger partial charge in [0.1, 0.15) is 0 Å². The summed E-state index contributed by atoms with van der Waals surface area (Å²) in [6.45, 7) is 4.06. The minimum atomic E-state index is -0.254. The largest absolute Gasteiger partial charge is 0.297 e. The van der Waals surface area contributed by atoms with Crippen LogP contribution in [0.15, 0.2) is 6.07 Å². The van der Waals surface area contributed by atoms with Gasteiger partial charge in [0.15, 0.2) is 5.69 Å². The number of carbonyl (C=O) groups excluding carboxylic acids is 1. The highest BCUT2D eigenvalue weighted by Gasteiger charge is 2.15. The predicted octanol–water partition coefficient (Wildman–Crippen LogP) is 1.17. The van der Waals surface area contributed by atoms with E-state index in [1.54, 1.807) is 13.1 Å². The molecule has 0 aromatic carbocycles. The van der Waals surface area contributed by atoms with Gasteiger partial charge in [0.25, 0.3) is 5.91 Å². The number of rotatable bonds is 3. The van der Waals surface area contributed by atoms with Crippen LogP contribution >= 0.6 is 0 Å². The van der Waals surface area contributed by atoms with Crippen molar-refractivity contribution < 1.29 is 9.63 Å². The second-order valence-electron chi connectivity index (χ2n) is 3.35. The van der Waals surface area contributed by atoms with Crippen LogP contribution in [0.2, 0.25) is 0 Å². The van der Waals surface area contributed by atoms with Crippen molar-refractivity contribution in [2.75, 3.05) is 14.2 Å². The highest BCUT2D eigenvalue weighted by molar-refractivity contribution is 5.91. The summed E-state index contributed by atoms with van der Waals surface area (Å²) in [7, 11) is 2.99. The van der Waals surface area contributed by atoms with E-state index in [0.29, 0.717) is 11.6 Å². The first-order chi connectivity index (χ1) is 6.56. The highest BCUT2D eigenvalue weighted by Crippen LogP contribution is 2.12. The molecule has 0 unspecified atom stereocenters.